The molecule has 6 heteroatoms. The molecule has 0 aliphatic carbocycles. The SMILES string of the molecule is CCN(CC(C)C(N)=NO)C(=O)C(C)(CC)OC. The van der Waals surface area contributed by atoms with Crippen LogP contribution in [0.3, 0.4) is 0 Å². The van der Waals surface area contributed by atoms with Crippen LogP contribution >= 0.6 is 0 Å². The van der Waals surface area contributed by atoms with E-state index in [0.29, 0.717) is 19.5 Å². The number of ether oxygens (including phenoxy) is 1. The lowest BCUT2D eigenvalue weighted by Crippen LogP contribution is -2.50. The lowest BCUT2D eigenvalue weighted by molar-refractivity contribution is -0.153. The second kappa shape index (κ2) is 7.20. The van der Waals surface area contributed by atoms with E-state index in [2.05, 4.69) is 5.16 Å². The molecule has 0 fully saturated rings. The van der Waals surface area contributed by atoms with E-state index in [9.17, 15) is 4.79 Å². The molecule has 106 valence electrons. The van der Waals surface area contributed by atoms with Crippen molar-refractivity contribution in [3.05, 3.63) is 0 Å². The molecule has 0 aliphatic heterocycles. The zero-order valence-corrected chi connectivity index (χ0v) is 11.9. The molecule has 0 aromatic rings. The number of hydrogen-bond acceptors (Lipinski definition) is 4. The van der Waals surface area contributed by atoms with Gasteiger partial charge in [0.1, 0.15) is 11.4 Å². The molecule has 2 atom stereocenters. The van der Waals surface area contributed by atoms with Crippen molar-refractivity contribution in [2.45, 2.75) is 39.7 Å². The van der Waals surface area contributed by atoms with Crippen molar-refractivity contribution in [2.75, 3.05) is 20.2 Å². The van der Waals surface area contributed by atoms with Gasteiger partial charge in [-0.3, -0.25) is 4.79 Å². The van der Waals surface area contributed by atoms with E-state index >= 15 is 0 Å². The van der Waals surface area contributed by atoms with Crippen LogP contribution in [0.5, 0.6) is 0 Å². The number of likely N-dealkylation sites (N-methyl/N-ethyl adjacent to an activating group) is 1. The topological polar surface area (TPSA) is 88.1 Å². The van der Waals surface area contributed by atoms with Gasteiger partial charge in [0.15, 0.2) is 0 Å². The Bertz CT molecular complexity index is 301. The summed E-state index contributed by atoms with van der Waals surface area (Å²) in [6, 6.07) is 0. The molecule has 18 heavy (non-hydrogen) atoms. The van der Waals surface area contributed by atoms with E-state index in [-0.39, 0.29) is 17.7 Å². The van der Waals surface area contributed by atoms with Crippen LogP contribution in [0.15, 0.2) is 5.16 Å². The molecular formula is C12H25N3O3. The Morgan fingerprint density at radius 3 is 2.44 bits per heavy atom. The average molecular weight is 259 g/mol. The van der Waals surface area contributed by atoms with Crippen molar-refractivity contribution >= 4 is 11.7 Å². The molecule has 0 aromatic heterocycles. The quantitative estimate of drug-likeness (QED) is 0.309. The number of nitrogens with two attached hydrogens (primary N) is 1. The summed E-state index contributed by atoms with van der Waals surface area (Å²) in [7, 11) is 1.53. The summed E-state index contributed by atoms with van der Waals surface area (Å²) in [4.78, 5) is 14.0. The zero-order chi connectivity index (χ0) is 14.3. The minimum absolute atomic E-state index is 0.0763. The molecule has 0 heterocycles. The van der Waals surface area contributed by atoms with Crippen molar-refractivity contribution in [3.8, 4) is 0 Å². The van der Waals surface area contributed by atoms with Gasteiger partial charge >= 0.3 is 0 Å². The van der Waals surface area contributed by atoms with Gasteiger partial charge in [-0.25, -0.2) is 0 Å². The van der Waals surface area contributed by atoms with Crippen LogP contribution < -0.4 is 5.73 Å². The number of amides is 1. The number of carbonyl (C=O) groups is 1. The lowest BCUT2D eigenvalue weighted by atomic mass is 10.00. The Hall–Kier alpha value is -1.30. The van der Waals surface area contributed by atoms with Gasteiger partial charge in [0.2, 0.25) is 0 Å². The molecular weight excluding hydrogens is 234 g/mol. The third kappa shape index (κ3) is 3.87. The predicted molar refractivity (Wildman–Crippen MR) is 70.5 cm³/mol. The van der Waals surface area contributed by atoms with Gasteiger partial charge < -0.3 is 20.6 Å². The van der Waals surface area contributed by atoms with E-state index in [1.54, 1.807) is 18.7 Å². The molecule has 3 N–H and O–H groups in total. The second-order valence-corrected chi connectivity index (χ2v) is 4.56. The maximum atomic E-state index is 12.4. The van der Waals surface area contributed by atoms with Gasteiger partial charge in [-0.05, 0) is 20.3 Å². The second-order valence-electron chi connectivity index (χ2n) is 4.56. The molecule has 0 saturated carbocycles. The third-order valence-electron chi connectivity index (χ3n) is 3.36. The smallest absolute Gasteiger partial charge is 0.254 e. The first kappa shape index (κ1) is 16.7. The fraction of sp³-hybridized carbons (Fsp3) is 0.833. The Labute approximate surface area is 109 Å². The highest BCUT2D eigenvalue weighted by Gasteiger charge is 2.35. The van der Waals surface area contributed by atoms with Gasteiger partial charge in [0.05, 0.1) is 0 Å². The molecule has 0 radical (unpaired) electrons. The van der Waals surface area contributed by atoms with Gasteiger partial charge in [-0.15, -0.1) is 0 Å². The highest BCUT2D eigenvalue weighted by Crippen LogP contribution is 2.18. The van der Waals surface area contributed by atoms with Crippen molar-refractivity contribution < 1.29 is 14.7 Å². The highest BCUT2D eigenvalue weighted by atomic mass is 16.5. The van der Waals surface area contributed by atoms with Crippen molar-refractivity contribution in [3.63, 3.8) is 0 Å². The Balaban J connectivity index is 4.84. The fourth-order valence-electron chi connectivity index (χ4n) is 1.60. The zero-order valence-electron chi connectivity index (χ0n) is 11.9. The van der Waals surface area contributed by atoms with Gasteiger partial charge in [0.25, 0.3) is 5.91 Å². The fourth-order valence-corrected chi connectivity index (χ4v) is 1.60. The van der Waals surface area contributed by atoms with Crippen LogP contribution in [0.25, 0.3) is 0 Å². The molecule has 6 nitrogen and oxygen atoms in total. The van der Waals surface area contributed by atoms with Crippen molar-refractivity contribution in [2.24, 2.45) is 16.8 Å². The minimum atomic E-state index is -0.819. The van der Waals surface area contributed by atoms with E-state index in [4.69, 9.17) is 15.7 Å². The Morgan fingerprint density at radius 1 is 1.56 bits per heavy atom. The third-order valence-corrected chi connectivity index (χ3v) is 3.36. The summed E-state index contributed by atoms with van der Waals surface area (Å²) >= 11 is 0. The number of amidine groups is 1. The average Bonchev–Trinajstić information content (AvgIpc) is 2.41. The number of rotatable bonds is 7. The molecule has 0 aromatic carbocycles. The predicted octanol–water partition coefficient (Wildman–Crippen LogP) is 1.03. The number of carbonyl (C=O) groups excluding carboxylic acids is 1. The molecule has 1 amide bonds. The molecule has 2 unspecified atom stereocenters. The summed E-state index contributed by atoms with van der Waals surface area (Å²) in [5.41, 5.74) is 4.71. The van der Waals surface area contributed by atoms with E-state index in [0.717, 1.165) is 0 Å². The highest BCUT2D eigenvalue weighted by molar-refractivity contribution is 5.86. The van der Waals surface area contributed by atoms with E-state index in [1.807, 2.05) is 13.8 Å². The number of nitrogens with zero attached hydrogens (tertiary/aromatic N) is 2. The summed E-state index contributed by atoms with van der Waals surface area (Å²) in [6.07, 6.45) is 0.594. The van der Waals surface area contributed by atoms with Crippen LogP contribution in [-0.4, -0.2) is 47.7 Å². The first-order chi connectivity index (χ1) is 8.36. The normalized spacial score (nSPS) is 17.1. The molecule has 0 rings (SSSR count). The molecule has 0 aliphatic rings. The monoisotopic (exact) mass is 259 g/mol. The number of oxime groups is 1. The maximum Gasteiger partial charge on any atom is 0.254 e. The van der Waals surface area contributed by atoms with E-state index < -0.39 is 5.60 Å². The summed E-state index contributed by atoms with van der Waals surface area (Å²) in [5, 5.41) is 11.6. The first-order valence-corrected chi connectivity index (χ1v) is 6.18. The molecule has 0 spiro atoms. The number of methoxy groups -OCH3 is 1. The molecule has 0 bridgehead atoms. The Morgan fingerprint density at radius 2 is 2.11 bits per heavy atom. The maximum absolute atomic E-state index is 12.4. The van der Waals surface area contributed by atoms with Gasteiger partial charge in [-0.2, -0.15) is 0 Å². The Kier molecular flexibility index (Phi) is 6.68. The largest absolute Gasteiger partial charge is 0.409 e. The van der Waals surface area contributed by atoms with Gasteiger partial charge in [-0.1, -0.05) is 19.0 Å². The van der Waals surface area contributed by atoms with Gasteiger partial charge in [0, 0.05) is 26.1 Å². The van der Waals surface area contributed by atoms with Crippen LogP contribution in [0.2, 0.25) is 0 Å². The van der Waals surface area contributed by atoms with Crippen LogP contribution in [0.1, 0.15) is 34.1 Å². The first-order valence-electron chi connectivity index (χ1n) is 6.18. The number of hydrogen-bond donors (Lipinski definition) is 2. The van der Waals surface area contributed by atoms with Crippen LogP contribution in [0, 0.1) is 5.92 Å². The lowest BCUT2D eigenvalue weighted by Gasteiger charge is -2.33. The van der Waals surface area contributed by atoms with Crippen molar-refractivity contribution in [1.82, 2.24) is 4.90 Å². The summed E-state index contributed by atoms with van der Waals surface area (Å²) < 4.78 is 5.30. The molecule has 0 saturated heterocycles. The summed E-state index contributed by atoms with van der Waals surface area (Å²) in [5.74, 6) is -0.152. The summed E-state index contributed by atoms with van der Waals surface area (Å²) in [6.45, 7) is 8.34. The standard InChI is InChI=1S/C12H25N3O3/c1-6-12(4,18-5)11(16)15(7-2)8-9(3)10(13)14-17/h9,17H,6-8H2,1-5H3,(H2,13,14). The van der Waals surface area contributed by atoms with Crippen LogP contribution in [-0.2, 0) is 9.53 Å². The van der Waals surface area contributed by atoms with Crippen LogP contribution in [0.4, 0.5) is 0 Å². The van der Waals surface area contributed by atoms with E-state index in [1.165, 1.54) is 7.11 Å². The minimum Gasteiger partial charge on any atom is -0.409 e. The van der Waals surface area contributed by atoms with Crippen molar-refractivity contribution in [1.29, 1.82) is 0 Å².